The lowest BCUT2D eigenvalue weighted by Gasteiger charge is -2.40. The number of amides is 3. The molecule has 268 valence electrons. The van der Waals surface area contributed by atoms with Gasteiger partial charge in [-0.1, -0.05) is 72.8 Å². The molecule has 8 atom stereocenters. The summed E-state index contributed by atoms with van der Waals surface area (Å²) in [6.07, 6.45) is 3.18. The maximum Gasteiger partial charge on any atom is 0.313 e. The van der Waals surface area contributed by atoms with Gasteiger partial charge >= 0.3 is 5.97 Å². The second-order valence-electron chi connectivity index (χ2n) is 13.5. The SMILES string of the molecule is C=CCCC(=O)N[C@@H](COC)[C@@H](OC(=O)[C@@H]1[C@@H]2CC[C@]3(O2)[C@H](C(=O)N(CC=C)C(C)C)N([C@H](CO)c2ccccc2)C(=O)[C@@H]13)c1ccccc1. The van der Waals surface area contributed by atoms with Crippen molar-refractivity contribution in [1.29, 1.82) is 0 Å². The van der Waals surface area contributed by atoms with E-state index in [1.807, 2.05) is 50.2 Å². The lowest BCUT2D eigenvalue weighted by Crippen LogP contribution is -2.58. The van der Waals surface area contributed by atoms with E-state index in [0.29, 0.717) is 30.4 Å². The number of allylic oxidation sites excluding steroid dienone is 1. The van der Waals surface area contributed by atoms with Crippen LogP contribution in [-0.2, 0) is 33.4 Å². The van der Waals surface area contributed by atoms with Crippen molar-refractivity contribution >= 4 is 23.7 Å². The van der Waals surface area contributed by atoms with E-state index in [1.165, 1.54) is 12.0 Å². The van der Waals surface area contributed by atoms with E-state index in [1.54, 1.807) is 41.3 Å². The van der Waals surface area contributed by atoms with Gasteiger partial charge in [-0.05, 0) is 44.2 Å². The van der Waals surface area contributed by atoms with Crippen molar-refractivity contribution in [2.75, 3.05) is 26.9 Å². The molecule has 1 spiro atoms. The molecule has 11 heteroatoms. The molecule has 3 amide bonds. The Labute approximate surface area is 294 Å². The van der Waals surface area contributed by atoms with Gasteiger partial charge in [-0.2, -0.15) is 0 Å². The van der Waals surface area contributed by atoms with Crippen molar-refractivity contribution in [3.63, 3.8) is 0 Å². The molecule has 0 aromatic heterocycles. The maximum absolute atomic E-state index is 14.8. The first-order chi connectivity index (χ1) is 24.1. The largest absolute Gasteiger partial charge is 0.455 e. The Morgan fingerprint density at radius 2 is 1.74 bits per heavy atom. The molecule has 2 bridgehead atoms. The van der Waals surface area contributed by atoms with Gasteiger partial charge in [-0.15, -0.1) is 13.2 Å². The van der Waals surface area contributed by atoms with Crippen LogP contribution < -0.4 is 5.32 Å². The van der Waals surface area contributed by atoms with Crippen LogP contribution in [0.3, 0.4) is 0 Å². The fourth-order valence-electron chi connectivity index (χ4n) is 7.98. The topological polar surface area (TPSA) is 135 Å². The van der Waals surface area contributed by atoms with E-state index < -0.39 is 66.3 Å². The number of carbonyl (C=O) groups excluding carboxylic acids is 4. The molecule has 50 heavy (non-hydrogen) atoms. The zero-order chi connectivity index (χ0) is 36.0. The Morgan fingerprint density at radius 1 is 1.08 bits per heavy atom. The van der Waals surface area contributed by atoms with Crippen LogP contribution in [0.1, 0.15) is 62.8 Å². The molecule has 3 aliphatic heterocycles. The molecule has 0 unspecified atom stereocenters. The Kier molecular flexibility index (Phi) is 11.9. The normalized spacial score (nSPS) is 25.5. The molecule has 3 aliphatic rings. The fourth-order valence-corrected chi connectivity index (χ4v) is 7.98. The Hall–Kier alpha value is -4.32. The van der Waals surface area contributed by atoms with Gasteiger partial charge in [0.2, 0.25) is 17.7 Å². The molecule has 11 nitrogen and oxygen atoms in total. The summed E-state index contributed by atoms with van der Waals surface area (Å²) in [4.78, 5) is 59.9. The van der Waals surface area contributed by atoms with E-state index in [9.17, 15) is 24.3 Å². The number of nitrogens with zero attached hydrogens (tertiary/aromatic N) is 2. The van der Waals surface area contributed by atoms with Gasteiger partial charge in [-0.25, -0.2) is 0 Å². The van der Waals surface area contributed by atoms with Crippen molar-refractivity contribution in [3.8, 4) is 0 Å². The summed E-state index contributed by atoms with van der Waals surface area (Å²) in [5.74, 6) is -3.74. The number of aliphatic hydroxyl groups excluding tert-OH is 1. The second-order valence-corrected chi connectivity index (χ2v) is 13.5. The van der Waals surface area contributed by atoms with Crippen LogP contribution >= 0.6 is 0 Å². The summed E-state index contributed by atoms with van der Waals surface area (Å²) in [7, 11) is 1.50. The van der Waals surface area contributed by atoms with Crippen molar-refractivity contribution in [3.05, 3.63) is 97.1 Å². The average molecular weight is 688 g/mol. The number of aliphatic hydroxyl groups is 1. The number of nitrogens with one attached hydrogen (secondary N) is 1. The highest BCUT2D eigenvalue weighted by Gasteiger charge is 2.76. The second kappa shape index (κ2) is 16.1. The summed E-state index contributed by atoms with van der Waals surface area (Å²) < 4.78 is 18.4. The highest BCUT2D eigenvalue weighted by molar-refractivity contribution is 5.98. The average Bonchev–Trinajstić information content (AvgIpc) is 3.77. The van der Waals surface area contributed by atoms with Crippen LogP contribution in [0.2, 0.25) is 0 Å². The smallest absolute Gasteiger partial charge is 0.313 e. The first kappa shape index (κ1) is 36.9. The van der Waals surface area contributed by atoms with Gasteiger partial charge in [0.1, 0.15) is 17.7 Å². The number of fused-ring (bicyclic) bond motifs is 1. The van der Waals surface area contributed by atoms with E-state index in [2.05, 4.69) is 18.5 Å². The zero-order valence-corrected chi connectivity index (χ0v) is 29.1. The van der Waals surface area contributed by atoms with Gasteiger partial charge < -0.3 is 34.4 Å². The quantitative estimate of drug-likeness (QED) is 0.189. The third-order valence-electron chi connectivity index (χ3n) is 10.2. The van der Waals surface area contributed by atoms with E-state index >= 15 is 0 Å². The van der Waals surface area contributed by atoms with Crippen LogP contribution in [0.15, 0.2) is 86.0 Å². The summed E-state index contributed by atoms with van der Waals surface area (Å²) in [5, 5.41) is 13.7. The first-order valence-corrected chi connectivity index (χ1v) is 17.3. The van der Waals surface area contributed by atoms with Crippen LogP contribution in [0.4, 0.5) is 0 Å². The number of benzene rings is 2. The predicted molar refractivity (Wildman–Crippen MR) is 186 cm³/mol. The van der Waals surface area contributed by atoms with Gasteiger partial charge in [0.05, 0.1) is 43.2 Å². The lowest BCUT2D eigenvalue weighted by atomic mass is 9.70. The van der Waals surface area contributed by atoms with E-state index in [0.717, 1.165) is 0 Å². The Morgan fingerprint density at radius 3 is 2.32 bits per heavy atom. The Balaban J connectivity index is 1.54. The summed E-state index contributed by atoms with van der Waals surface area (Å²) in [6, 6.07) is 15.2. The molecular formula is C39H49N3O8. The molecule has 2 aromatic carbocycles. The number of hydrogen-bond acceptors (Lipinski definition) is 8. The van der Waals surface area contributed by atoms with Gasteiger partial charge in [-0.3, -0.25) is 19.2 Å². The highest BCUT2D eigenvalue weighted by atomic mass is 16.6. The first-order valence-electron chi connectivity index (χ1n) is 17.3. The summed E-state index contributed by atoms with van der Waals surface area (Å²) in [5.41, 5.74) is -0.0177. The van der Waals surface area contributed by atoms with Gasteiger partial charge in [0.25, 0.3) is 0 Å². The van der Waals surface area contributed by atoms with Crippen LogP contribution in [0.5, 0.6) is 0 Å². The standard InChI is InChI=1S/C39H49N3O8/c1-6-8-19-31(44)40-28(24-48-5)34(27-17-13-10-14-18-27)49-38(47)32-30-20-21-39(50-30)33(32)36(45)42(29(23-43)26-15-11-9-12-16-26)35(39)37(46)41(22-7-2)25(3)4/h6-7,9-18,25,28-30,32-35,43H,1-2,8,19-24H2,3-5H3,(H,40,44)/t28-,29+,30-,32+,33+,34-,35-,39+/m0/s1. The van der Waals surface area contributed by atoms with Crippen molar-refractivity contribution in [1.82, 2.24) is 15.1 Å². The molecule has 0 saturated carbocycles. The minimum Gasteiger partial charge on any atom is -0.455 e. The third kappa shape index (κ3) is 6.99. The Bertz CT molecular complexity index is 1530. The van der Waals surface area contributed by atoms with Crippen molar-refractivity contribution < 1.29 is 38.5 Å². The summed E-state index contributed by atoms with van der Waals surface area (Å²) >= 11 is 0. The molecule has 3 heterocycles. The molecule has 5 rings (SSSR count). The van der Waals surface area contributed by atoms with Crippen LogP contribution in [-0.4, -0.2) is 95.3 Å². The van der Waals surface area contributed by atoms with Gasteiger partial charge in [0.15, 0.2) is 0 Å². The number of carbonyl (C=O) groups is 4. The number of hydrogen-bond donors (Lipinski definition) is 2. The number of ether oxygens (including phenoxy) is 3. The van der Waals surface area contributed by atoms with E-state index in [4.69, 9.17) is 14.2 Å². The molecule has 0 radical (unpaired) electrons. The number of rotatable bonds is 17. The zero-order valence-electron chi connectivity index (χ0n) is 29.1. The number of likely N-dealkylation sites (tertiary alicyclic amines) is 1. The maximum atomic E-state index is 14.8. The monoisotopic (exact) mass is 687 g/mol. The predicted octanol–water partition coefficient (Wildman–Crippen LogP) is 3.90. The molecular weight excluding hydrogens is 638 g/mol. The fraction of sp³-hybridized carbons (Fsp3) is 0.487. The lowest BCUT2D eigenvalue weighted by molar-refractivity contribution is -0.163. The molecule has 0 aliphatic carbocycles. The highest BCUT2D eigenvalue weighted by Crippen LogP contribution is 2.60. The number of methoxy groups -OCH3 is 1. The van der Waals surface area contributed by atoms with Gasteiger partial charge in [0, 0.05) is 26.1 Å². The van der Waals surface area contributed by atoms with Crippen molar-refractivity contribution in [2.45, 2.75) is 81.5 Å². The number of esters is 1. The summed E-state index contributed by atoms with van der Waals surface area (Å²) in [6.45, 7) is 11.2. The van der Waals surface area contributed by atoms with Crippen LogP contribution in [0, 0.1) is 11.8 Å². The minimum absolute atomic E-state index is 0.0531. The molecule has 3 saturated heterocycles. The van der Waals surface area contributed by atoms with Crippen LogP contribution in [0.25, 0.3) is 0 Å². The van der Waals surface area contributed by atoms with E-state index in [-0.39, 0.29) is 37.4 Å². The van der Waals surface area contributed by atoms with Crippen molar-refractivity contribution in [2.24, 2.45) is 11.8 Å². The minimum atomic E-state index is -1.31. The third-order valence-corrected chi connectivity index (χ3v) is 10.2. The molecule has 3 fully saturated rings. The molecule has 2 N–H and O–H groups in total. The molecule has 2 aromatic rings.